The molecular weight excluding hydrogens is 330 g/mol. The number of benzene rings is 1. The van der Waals surface area contributed by atoms with Gasteiger partial charge in [0.2, 0.25) is 5.91 Å². The molecule has 0 atom stereocenters. The highest BCUT2D eigenvalue weighted by molar-refractivity contribution is 5.79. The molecule has 0 saturated carbocycles. The fourth-order valence-corrected chi connectivity index (χ4v) is 3.11. The van der Waals surface area contributed by atoms with E-state index < -0.39 is 0 Å². The highest BCUT2D eigenvalue weighted by atomic mass is 16.5. The van der Waals surface area contributed by atoms with Crippen LogP contribution in [0.4, 0.5) is 0 Å². The molecule has 26 heavy (non-hydrogen) atoms. The molecule has 1 aromatic heterocycles. The van der Waals surface area contributed by atoms with Crippen LogP contribution in [0.2, 0.25) is 0 Å². The topological polar surface area (TPSA) is 76.6 Å². The van der Waals surface area contributed by atoms with Crippen molar-refractivity contribution in [3.8, 4) is 5.75 Å². The molecule has 3 rings (SSSR count). The van der Waals surface area contributed by atoms with Crippen LogP contribution in [0.1, 0.15) is 11.4 Å². The fourth-order valence-electron chi connectivity index (χ4n) is 3.11. The number of aromatic nitrogens is 2. The molecule has 1 aliphatic heterocycles. The summed E-state index contributed by atoms with van der Waals surface area (Å²) in [6.45, 7) is 5.04. The van der Waals surface area contributed by atoms with E-state index in [0.29, 0.717) is 19.6 Å². The smallest absolute Gasteiger partial charge is 0.227 e. The lowest BCUT2D eigenvalue weighted by atomic mass is 10.1. The van der Waals surface area contributed by atoms with Gasteiger partial charge in [0.15, 0.2) is 0 Å². The van der Waals surface area contributed by atoms with Gasteiger partial charge in [-0.1, -0.05) is 12.1 Å². The van der Waals surface area contributed by atoms with Gasteiger partial charge in [-0.2, -0.15) is 0 Å². The number of hydrogen-bond acceptors (Lipinski definition) is 5. The highest BCUT2D eigenvalue weighted by Gasteiger charge is 2.22. The lowest BCUT2D eigenvalue weighted by Crippen LogP contribution is -2.48. The summed E-state index contributed by atoms with van der Waals surface area (Å²) in [5.41, 5.74) is 6.43. The average molecular weight is 357 g/mol. The predicted molar refractivity (Wildman–Crippen MR) is 99.8 cm³/mol. The first-order valence-corrected chi connectivity index (χ1v) is 9.04. The minimum absolute atomic E-state index is 0.164. The first-order valence-electron chi connectivity index (χ1n) is 9.04. The molecule has 2 aromatic rings. The van der Waals surface area contributed by atoms with E-state index in [9.17, 15) is 4.79 Å². The van der Waals surface area contributed by atoms with Crippen LogP contribution in [0.5, 0.6) is 5.75 Å². The maximum Gasteiger partial charge on any atom is 0.227 e. The van der Waals surface area contributed by atoms with Gasteiger partial charge in [0.05, 0.1) is 13.0 Å². The summed E-state index contributed by atoms with van der Waals surface area (Å²) in [4.78, 5) is 21.3. The summed E-state index contributed by atoms with van der Waals surface area (Å²) in [5.74, 6) is 1.98. The van der Waals surface area contributed by atoms with Gasteiger partial charge in [-0.15, -0.1) is 0 Å². The van der Waals surface area contributed by atoms with E-state index in [1.165, 1.54) is 0 Å². The Balaban J connectivity index is 1.48. The van der Waals surface area contributed by atoms with Crippen LogP contribution < -0.4 is 10.5 Å². The molecular formula is C19H27N5O2. The number of hydrogen-bond donors (Lipinski definition) is 1. The molecule has 0 spiro atoms. The predicted octanol–water partition coefficient (Wildman–Crippen LogP) is 0.645. The van der Waals surface area contributed by atoms with Crippen LogP contribution in [0, 0.1) is 0 Å². The summed E-state index contributed by atoms with van der Waals surface area (Å²) in [6.07, 6.45) is 4.18. The molecule has 1 aromatic carbocycles. The highest BCUT2D eigenvalue weighted by Crippen LogP contribution is 2.15. The van der Waals surface area contributed by atoms with Crippen molar-refractivity contribution in [2.75, 3.05) is 39.3 Å². The van der Waals surface area contributed by atoms with Crippen molar-refractivity contribution in [1.29, 1.82) is 0 Å². The SMILES string of the molecule is Cn1ccnc1CN1CCN(C(=O)Cc2cccc(OCCN)c2)CC1. The van der Waals surface area contributed by atoms with Crippen LogP contribution in [0.3, 0.4) is 0 Å². The summed E-state index contributed by atoms with van der Waals surface area (Å²) in [5, 5.41) is 0. The Kier molecular flexibility index (Phi) is 6.25. The number of ether oxygens (including phenoxy) is 1. The van der Waals surface area contributed by atoms with Gasteiger partial charge in [0.1, 0.15) is 18.2 Å². The van der Waals surface area contributed by atoms with Gasteiger partial charge in [-0.05, 0) is 17.7 Å². The Labute approximate surface area is 154 Å². The summed E-state index contributed by atoms with van der Waals surface area (Å²) in [7, 11) is 2.01. The van der Waals surface area contributed by atoms with Crippen molar-refractivity contribution in [3.63, 3.8) is 0 Å². The van der Waals surface area contributed by atoms with Crippen LogP contribution >= 0.6 is 0 Å². The molecule has 0 unspecified atom stereocenters. The Morgan fingerprint density at radius 3 is 2.77 bits per heavy atom. The van der Waals surface area contributed by atoms with Crippen LogP contribution in [-0.2, 0) is 24.8 Å². The Morgan fingerprint density at radius 1 is 1.27 bits per heavy atom. The summed E-state index contributed by atoms with van der Waals surface area (Å²) in [6, 6.07) is 7.69. The number of nitrogens with zero attached hydrogens (tertiary/aromatic N) is 4. The summed E-state index contributed by atoms with van der Waals surface area (Å²) < 4.78 is 7.57. The van der Waals surface area contributed by atoms with E-state index in [-0.39, 0.29) is 5.91 Å². The molecule has 1 saturated heterocycles. The third-order valence-electron chi connectivity index (χ3n) is 4.65. The third-order valence-corrected chi connectivity index (χ3v) is 4.65. The maximum atomic E-state index is 12.6. The van der Waals surface area contributed by atoms with E-state index in [1.807, 2.05) is 53.2 Å². The van der Waals surface area contributed by atoms with E-state index in [0.717, 1.165) is 49.9 Å². The zero-order valence-corrected chi connectivity index (χ0v) is 15.3. The monoisotopic (exact) mass is 357 g/mol. The fraction of sp³-hybridized carbons (Fsp3) is 0.474. The number of rotatable bonds is 7. The van der Waals surface area contributed by atoms with Gasteiger partial charge in [0.25, 0.3) is 0 Å². The lowest BCUT2D eigenvalue weighted by Gasteiger charge is -2.34. The Morgan fingerprint density at radius 2 is 2.08 bits per heavy atom. The van der Waals surface area contributed by atoms with Crippen LogP contribution in [0.15, 0.2) is 36.7 Å². The standard InChI is InChI=1S/C19H27N5O2/c1-22-7-6-21-18(22)15-23-8-10-24(11-9-23)19(25)14-16-3-2-4-17(13-16)26-12-5-20/h2-4,6-7,13H,5,8-12,14-15,20H2,1H3. The van der Waals surface area contributed by atoms with Crippen molar-refractivity contribution < 1.29 is 9.53 Å². The lowest BCUT2D eigenvalue weighted by molar-refractivity contribution is -0.132. The molecule has 0 bridgehead atoms. The molecule has 1 aliphatic rings. The zero-order chi connectivity index (χ0) is 18.4. The first-order chi connectivity index (χ1) is 12.7. The van der Waals surface area contributed by atoms with Gasteiger partial charge in [0, 0.05) is 52.2 Å². The number of nitrogens with two attached hydrogens (primary N) is 1. The minimum atomic E-state index is 0.164. The van der Waals surface area contributed by atoms with Crippen molar-refractivity contribution in [3.05, 3.63) is 48.0 Å². The molecule has 0 radical (unpaired) electrons. The molecule has 2 N–H and O–H groups in total. The largest absolute Gasteiger partial charge is 0.492 e. The van der Waals surface area contributed by atoms with Crippen LogP contribution in [0.25, 0.3) is 0 Å². The van der Waals surface area contributed by atoms with Crippen molar-refractivity contribution in [1.82, 2.24) is 19.4 Å². The molecule has 7 nitrogen and oxygen atoms in total. The number of carbonyl (C=O) groups is 1. The van der Waals surface area contributed by atoms with E-state index in [2.05, 4.69) is 9.88 Å². The van der Waals surface area contributed by atoms with Crippen LogP contribution in [-0.4, -0.2) is 64.6 Å². The van der Waals surface area contributed by atoms with Gasteiger partial charge in [-0.25, -0.2) is 4.98 Å². The molecule has 7 heteroatoms. The van der Waals surface area contributed by atoms with Gasteiger partial charge in [-0.3, -0.25) is 9.69 Å². The van der Waals surface area contributed by atoms with Crippen molar-refractivity contribution >= 4 is 5.91 Å². The van der Waals surface area contributed by atoms with Crippen molar-refractivity contribution in [2.24, 2.45) is 12.8 Å². The Bertz CT molecular complexity index is 722. The Hall–Kier alpha value is -2.38. The molecule has 0 aliphatic carbocycles. The molecule has 140 valence electrons. The van der Waals surface area contributed by atoms with Crippen molar-refractivity contribution in [2.45, 2.75) is 13.0 Å². The number of carbonyl (C=O) groups excluding carboxylic acids is 1. The number of amides is 1. The zero-order valence-electron chi connectivity index (χ0n) is 15.3. The quantitative estimate of drug-likeness (QED) is 0.787. The number of piperazine rings is 1. The normalized spacial score (nSPS) is 15.2. The first kappa shape index (κ1) is 18.4. The van der Waals surface area contributed by atoms with E-state index >= 15 is 0 Å². The maximum absolute atomic E-state index is 12.6. The van der Waals surface area contributed by atoms with E-state index in [4.69, 9.17) is 10.5 Å². The molecule has 1 fully saturated rings. The van der Waals surface area contributed by atoms with E-state index in [1.54, 1.807) is 0 Å². The number of imidazole rings is 1. The second kappa shape index (κ2) is 8.82. The molecule has 1 amide bonds. The second-order valence-corrected chi connectivity index (χ2v) is 6.57. The summed E-state index contributed by atoms with van der Waals surface area (Å²) >= 11 is 0. The van der Waals surface area contributed by atoms with Gasteiger partial charge < -0.3 is 19.9 Å². The number of aryl methyl sites for hydroxylation is 1. The average Bonchev–Trinajstić information content (AvgIpc) is 3.05. The second-order valence-electron chi connectivity index (χ2n) is 6.57. The third kappa shape index (κ3) is 4.83. The minimum Gasteiger partial charge on any atom is -0.492 e. The van der Waals surface area contributed by atoms with Gasteiger partial charge >= 0.3 is 0 Å². The molecule has 2 heterocycles.